The van der Waals surface area contributed by atoms with Gasteiger partial charge in [-0.05, 0) is 51.9 Å². The van der Waals surface area contributed by atoms with Crippen LogP contribution >= 0.6 is 0 Å². The third-order valence-electron chi connectivity index (χ3n) is 4.71. The second-order valence-corrected chi connectivity index (χ2v) is 6.02. The molecule has 1 aromatic heterocycles. The van der Waals surface area contributed by atoms with Crippen molar-refractivity contribution < 1.29 is 9.90 Å². The van der Waals surface area contributed by atoms with Gasteiger partial charge in [0.15, 0.2) is 0 Å². The molecule has 2 heterocycles. The maximum Gasteiger partial charge on any atom is 0.329 e. The zero-order chi connectivity index (χ0) is 14.2. The molecule has 1 N–H and O–H groups in total. The van der Waals surface area contributed by atoms with E-state index in [0.29, 0.717) is 6.42 Å². The Kier molecular flexibility index (Phi) is 3.36. The number of anilines is 1. The van der Waals surface area contributed by atoms with Crippen molar-refractivity contribution in [2.45, 2.75) is 57.4 Å². The molecule has 5 heteroatoms. The molecule has 0 bridgehead atoms. The van der Waals surface area contributed by atoms with Crippen molar-refractivity contribution in [1.29, 1.82) is 0 Å². The zero-order valence-corrected chi connectivity index (χ0v) is 11.9. The fraction of sp³-hybridized carbons (Fsp3) is 0.667. The Balaban J connectivity index is 2.05. The smallest absolute Gasteiger partial charge is 0.329 e. The summed E-state index contributed by atoms with van der Waals surface area (Å²) in [5.74, 6) is 0.111. The molecule has 20 heavy (non-hydrogen) atoms. The maximum absolute atomic E-state index is 11.7. The van der Waals surface area contributed by atoms with E-state index in [1.165, 1.54) is 12.0 Å². The van der Waals surface area contributed by atoms with Gasteiger partial charge >= 0.3 is 5.97 Å². The van der Waals surface area contributed by atoms with Crippen LogP contribution < -0.4 is 4.90 Å². The van der Waals surface area contributed by atoms with E-state index in [-0.39, 0.29) is 0 Å². The molecule has 0 radical (unpaired) electrons. The Morgan fingerprint density at radius 2 is 2.05 bits per heavy atom. The summed E-state index contributed by atoms with van der Waals surface area (Å²) in [6.45, 7) is 2.60. The Hall–Kier alpha value is -1.65. The van der Waals surface area contributed by atoms with Crippen molar-refractivity contribution in [3.05, 3.63) is 17.6 Å². The third-order valence-corrected chi connectivity index (χ3v) is 4.71. The van der Waals surface area contributed by atoms with E-state index < -0.39 is 11.5 Å². The van der Waals surface area contributed by atoms with Crippen LogP contribution in [0, 0.1) is 0 Å². The lowest BCUT2D eigenvalue weighted by Crippen LogP contribution is -2.56. The fourth-order valence-corrected chi connectivity index (χ4v) is 3.42. The minimum atomic E-state index is -0.835. The number of hydrogen-bond acceptors (Lipinski definition) is 4. The average Bonchev–Trinajstić information content (AvgIpc) is 2.47. The maximum atomic E-state index is 11.7. The monoisotopic (exact) mass is 275 g/mol. The summed E-state index contributed by atoms with van der Waals surface area (Å²) in [6, 6.07) is 0. The van der Waals surface area contributed by atoms with Crippen LogP contribution in [0.25, 0.3) is 0 Å². The standard InChI is InChI=1S/C15H21N3O2/c1-15(14(19)20)8-4-5-9-18(15)13-11-6-2-3-7-12(11)16-10-17-13/h10H,2-9H2,1H3,(H,19,20). The number of rotatable bonds is 2. The summed E-state index contributed by atoms with van der Waals surface area (Å²) in [5.41, 5.74) is 1.45. The van der Waals surface area contributed by atoms with Crippen molar-refractivity contribution in [3.63, 3.8) is 0 Å². The highest BCUT2D eigenvalue weighted by atomic mass is 16.4. The van der Waals surface area contributed by atoms with Crippen LogP contribution in [0.4, 0.5) is 5.82 Å². The highest BCUT2D eigenvalue weighted by Gasteiger charge is 2.43. The predicted molar refractivity (Wildman–Crippen MR) is 75.9 cm³/mol. The van der Waals surface area contributed by atoms with E-state index in [0.717, 1.165) is 50.2 Å². The molecule has 1 saturated heterocycles. The number of piperidine rings is 1. The molecule has 2 aliphatic rings. The topological polar surface area (TPSA) is 66.3 Å². The van der Waals surface area contributed by atoms with E-state index in [1.807, 2.05) is 11.8 Å². The largest absolute Gasteiger partial charge is 0.480 e. The molecule has 0 aromatic carbocycles. The highest BCUT2D eigenvalue weighted by Crippen LogP contribution is 2.36. The molecule has 108 valence electrons. The number of carboxylic acids is 1. The van der Waals surface area contributed by atoms with E-state index in [9.17, 15) is 9.90 Å². The van der Waals surface area contributed by atoms with Gasteiger partial charge in [0.1, 0.15) is 17.7 Å². The van der Waals surface area contributed by atoms with Gasteiger partial charge in [-0.3, -0.25) is 0 Å². The molecule has 3 rings (SSSR count). The number of aliphatic carboxylic acids is 1. The zero-order valence-electron chi connectivity index (χ0n) is 11.9. The van der Waals surface area contributed by atoms with Crippen LogP contribution in [0.3, 0.4) is 0 Å². The van der Waals surface area contributed by atoms with Crippen molar-refractivity contribution in [2.24, 2.45) is 0 Å². The Morgan fingerprint density at radius 1 is 1.25 bits per heavy atom. The van der Waals surface area contributed by atoms with E-state index in [4.69, 9.17) is 0 Å². The summed E-state index contributed by atoms with van der Waals surface area (Å²) < 4.78 is 0. The van der Waals surface area contributed by atoms with E-state index in [1.54, 1.807) is 6.33 Å². The van der Waals surface area contributed by atoms with Crippen LogP contribution in [-0.2, 0) is 17.6 Å². The van der Waals surface area contributed by atoms with Gasteiger partial charge in [0.2, 0.25) is 0 Å². The van der Waals surface area contributed by atoms with Crippen LogP contribution in [0.15, 0.2) is 6.33 Å². The Bertz CT molecular complexity index is 532. The van der Waals surface area contributed by atoms with Crippen LogP contribution in [0.5, 0.6) is 0 Å². The molecule has 1 fully saturated rings. The van der Waals surface area contributed by atoms with Gasteiger partial charge < -0.3 is 10.0 Å². The van der Waals surface area contributed by atoms with E-state index >= 15 is 0 Å². The molecule has 1 aliphatic carbocycles. The van der Waals surface area contributed by atoms with Gasteiger partial charge in [0.25, 0.3) is 0 Å². The first-order valence-corrected chi connectivity index (χ1v) is 7.47. The molecule has 1 atom stereocenters. The first-order chi connectivity index (χ1) is 9.63. The molecule has 5 nitrogen and oxygen atoms in total. The molecule has 1 unspecified atom stereocenters. The van der Waals surface area contributed by atoms with Gasteiger partial charge in [-0.25, -0.2) is 14.8 Å². The van der Waals surface area contributed by atoms with Crippen molar-refractivity contribution in [1.82, 2.24) is 9.97 Å². The SMILES string of the molecule is CC1(C(=O)O)CCCCN1c1ncnc2c1CCCC2. The van der Waals surface area contributed by atoms with Gasteiger partial charge in [-0.2, -0.15) is 0 Å². The molecule has 0 saturated carbocycles. The number of hydrogen-bond donors (Lipinski definition) is 1. The van der Waals surface area contributed by atoms with Crippen molar-refractivity contribution >= 4 is 11.8 Å². The van der Waals surface area contributed by atoms with Crippen molar-refractivity contribution in [2.75, 3.05) is 11.4 Å². The minimum absolute atomic E-state index is 0.682. The summed E-state index contributed by atoms with van der Waals surface area (Å²) in [6.07, 6.45) is 8.54. The van der Waals surface area contributed by atoms with E-state index in [2.05, 4.69) is 9.97 Å². The van der Waals surface area contributed by atoms with Gasteiger partial charge in [-0.1, -0.05) is 0 Å². The summed E-state index contributed by atoms with van der Waals surface area (Å²) >= 11 is 0. The summed E-state index contributed by atoms with van der Waals surface area (Å²) in [4.78, 5) is 22.6. The summed E-state index contributed by atoms with van der Waals surface area (Å²) in [5, 5.41) is 9.65. The number of nitrogens with zero attached hydrogens (tertiary/aromatic N) is 3. The normalized spacial score (nSPS) is 26.1. The predicted octanol–water partition coefficient (Wildman–Crippen LogP) is 2.19. The third kappa shape index (κ3) is 2.05. The second-order valence-electron chi connectivity index (χ2n) is 6.02. The Labute approximate surface area is 119 Å². The molecule has 0 spiro atoms. The number of carbonyl (C=O) groups is 1. The van der Waals surface area contributed by atoms with Gasteiger partial charge in [0.05, 0.1) is 0 Å². The first kappa shape index (κ1) is 13.3. The van der Waals surface area contributed by atoms with Crippen LogP contribution in [-0.4, -0.2) is 33.1 Å². The quantitative estimate of drug-likeness (QED) is 0.896. The lowest BCUT2D eigenvalue weighted by molar-refractivity contribution is -0.143. The van der Waals surface area contributed by atoms with Gasteiger partial charge in [-0.15, -0.1) is 0 Å². The number of carboxylic acid groups (broad SMARTS) is 1. The van der Waals surface area contributed by atoms with Crippen LogP contribution in [0.1, 0.15) is 50.3 Å². The second kappa shape index (κ2) is 5.04. The number of fused-ring (bicyclic) bond motifs is 1. The molecular weight excluding hydrogens is 254 g/mol. The average molecular weight is 275 g/mol. The number of aryl methyl sites for hydroxylation is 1. The molecular formula is C15H21N3O2. The van der Waals surface area contributed by atoms with Crippen molar-refractivity contribution in [3.8, 4) is 0 Å². The molecule has 1 aliphatic heterocycles. The lowest BCUT2D eigenvalue weighted by Gasteiger charge is -2.43. The highest BCUT2D eigenvalue weighted by molar-refractivity contribution is 5.83. The van der Waals surface area contributed by atoms with Gasteiger partial charge in [0, 0.05) is 17.8 Å². The molecule has 1 aromatic rings. The number of aromatic nitrogens is 2. The summed E-state index contributed by atoms with van der Waals surface area (Å²) in [7, 11) is 0. The van der Waals surface area contributed by atoms with Crippen LogP contribution in [0.2, 0.25) is 0 Å². The minimum Gasteiger partial charge on any atom is -0.480 e. The Morgan fingerprint density at radius 3 is 2.85 bits per heavy atom. The molecule has 0 amide bonds. The fourth-order valence-electron chi connectivity index (χ4n) is 3.42. The first-order valence-electron chi connectivity index (χ1n) is 7.47. The lowest BCUT2D eigenvalue weighted by atomic mass is 9.87.